The Morgan fingerprint density at radius 2 is 1.70 bits per heavy atom. The number of rotatable bonds is 9. The van der Waals surface area contributed by atoms with Crippen molar-refractivity contribution in [1.82, 2.24) is 10.2 Å². The van der Waals surface area contributed by atoms with Crippen LogP contribution >= 0.6 is 0 Å². The van der Waals surface area contributed by atoms with E-state index in [2.05, 4.69) is 5.32 Å². The fourth-order valence-electron chi connectivity index (χ4n) is 4.09. The SMILES string of the molecule is O=C1CCN([C@@H]2O[C@](CF)(COCc3ccccc3)[C@@H](OCc3ccccc3)[C@H]2O)C(=O)N1. The topological polar surface area (TPSA) is 97.3 Å². The lowest BCUT2D eigenvalue weighted by Gasteiger charge is -2.34. The summed E-state index contributed by atoms with van der Waals surface area (Å²) in [4.78, 5) is 25.1. The lowest BCUT2D eigenvalue weighted by Crippen LogP contribution is -2.56. The first-order valence-electron chi connectivity index (χ1n) is 10.8. The van der Waals surface area contributed by atoms with E-state index in [0.717, 1.165) is 11.1 Å². The molecule has 0 saturated carbocycles. The van der Waals surface area contributed by atoms with E-state index in [9.17, 15) is 19.1 Å². The summed E-state index contributed by atoms with van der Waals surface area (Å²) < 4.78 is 32.3. The van der Waals surface area contributed by atoms with Gasteiger partial charge >= 0.3 is 6.03 Å². The van der Waals surface area contributed by atoms with Gasteiger partial charge in [0, 0.05) is 13.0 Å². The van der Waals surface area contributed by atoms with Gasteiger partial charge in [0.1, 0.15) is 18.9 Å². The summed E-state index contributed by atoms with van der Waals surface area (Å²) >= 11 is 0. The summed E-state index contributed by atoms with van der Waals surface area (Å²) in [6, 6.07) is 18.0. The maximum atomic E-state index is 14.6. The Balaban J connectivity index is 1.52. The van der Waals surface area contributed by atoms with Crippen LogP contribution in [0.1, 0.15) is 17.5 Å². The average molecular weight is 458 g/mol. The van der Waals surface area contributed by atoms with Crippen LogP contribution in [0.3, 0.4) is 0 Å². The molecule has 33 heavy (non-hydrogen) atoms. The molecule has 2 N–H and O–H groups in total. The minimum absolute atomic E-state index is 0.0467. The number of amides is 3. The van der Waals surface area contributed by atoms with Gasteiger partial charge in [0.2, 0.25) is 5.91 Å². The maximum absolute atomic E-state index is 14.6. The highest BCUT2D eigenvalue weighted by Gasteiger charge is 2.58. The van der Waals surface area contributed by atoms with Gasteiger partial charge in [-0.25, -0.2) is 9.18 Å². The number of halogens is 1. The quantitative estimate of drug-likeness (QED) is 0.598. The number of nitrogens with one attached hydrogen (secondary N) is 1. The van der Waals surface area contributed by atoms with Crippen molar-refractivity contribution in [1.29, 1.82) is 0 Å². The van der Waals surface area contributed by atoms with Crippen molar-refractivity contribution in [2.24, 2.45) is 0 Å². The van der Waals surface area contributed by atoms with Crippen LogP contribution in [0.2, 0.25) is 0 Å². The second-order valence-electron chi connectivity index (χ2n) is 8.19. The number of aliphatic hydroxyl groups excluding tert-OH is 1. The monoisotopic (exact) mass is 458 g/mol. The molecular weight excluding hydrogens is 431 g/mol. The predicted octanol–water partition coefficient (Wildman–Crippen LogP) is 2.16. The number of hydrogen-bond donors (Lipinski definition) is 2. The molecule has 0 bridgehead atoms. The highest BCUT2D eigenvalue weighted by molar-refractivity contribution is 5.96. The van der Waals surface area contributed by atoms with Gasteiger partial charge < -0.3 is 19.3 Å². The fraction of sp³-hybridized carbons (Fsp3) is 0.417. The van der Waals surface area contributed by atoms with Crippen molar-refractivity contribution < 1.29 is 33.3 Å². The molecule has 4 rings (SSSR count). The van der Waals surface area contributed by atoms with Crippen LogP contribution < -0.4 is 5.32 Å². The molecule has 2 heterocycles. The molecule has 8 nitrogen and oxygen atoms in total. The Morgan fingerprint density at radius 3 is 2.30 bits per heavy atom. The second-order valence-corrected chi connectivity index (χ2v) is 8.19. The molecule has 0 radical (unpaired) electrons. The van der Waals surface area contributed by atoms with E-state index in [4.69, 9.17) is 14.2 Å². The number of nitrogens with zero attached hydrogens (tertiary/aromatic N) is 1. The molecule has 2 aromatic rings. The Bertz CT molecular complexity index is 946. The number of alkyl halides is 1. The van der Waals surface area contributed by atoms with Crippen molar-refractivity contribution in [2.75, 3.05) is 19.8 Å². The molecule has 0 spiro atoms. The van der Waals surface area contributed by atoms with Crippen molar-refractivity contribution >= 4 is 11.9 Å². The summed E-state index contributed by atoms with van der Waals surface area (Å²) in [5.74, 6) is -0.413. The number of hydrogen-bond acceptors (Lipinski definition) is 6. The smallest absolute Gasteiger partial charge is 0.326 e. The van der Waals surface area contributed by atoms with Crippen molar-refractivity contribution in [3.63, 3.8) is 0 Å². The number of carbonyl (C=O) groups excluding carboxylic acids is 2. The molecule has 3 amide bonds. The van der Waals surface area contributed by atoms with Gasteiger partial charge in [-0.05, 0) is 11.1 Å². The molecule has 0 aromatic heterocycles. The van der Waals surface area contributed by atoms with Crippen molar-refractivity contribution in [2.45, 2.75) is 43.7 Å². The molecule has 176 valence electrons. The van der Waals surface area contributed by atoms with Crippen molar-refractivity contribution in [3.05, 3.63) is 71.8 Å². The molecule has 2 aromatic carbocycles. The molecule has 2 aliphatic rings. The summed E-state index contributed by atoms with van der Waals surface area (Å²) in [5, 5.41) is 13.3. The molecule has 2 aliphatic heterocycles. The third-order valence-corrected chi connectivity index (χ3v) is 5.83. The van der Waals surface area contributed by atoms with E-state index >= 15 is 0 Å². The molecule has 2 saturated heterocycles. The number of imide groups is 1. The van der Waals surface area contributed by atoms with Crippen LogP contribution in [0.4, 0.5) is 9.18 Å². The van der Waals surface area contributed by atoms with Crippen molar-refractivity contribution in [3.8, 4) is 0 Å². The lowest BCUT2D eigenvalue weighted by molar-refractivity contribution is -0.170. The normalized spacial score (nSPS) is 27.6. The Hall–Kier alpha value is -2.85. The van der Waals surface area contributed by atoms with Gasteiger partial charge in [-0.2, -0.15) is 0 Å². The number of benzene rings is 2. The zero-order valence-electron chi connectivity index (χ0n) is 18.1. The van der Waals surface area contributed by atoms with Crippen LogP contribution in [0.25, 0.3) is 0 Å². The largest absolute Gasteiger partial charge is 0.386 e. The third kappa shape index (κ3) is 5.22. The van der Waals surface area contributed by atoms with Gasteiger partial charge in [0.25, 0.3) is 0 Å². The van der Waals surface area contributed by atoms with Gasteiger partial charge in [-0.3, -0.25) is 15.0 Å². The molecule has 4 atom stereocenters. The third-order valence-electron chi connectivity index (χ3n) is 5.83. The van der Waals surface area contributed by atoms with Crippen LogP contribution in [-0.4, -0.2) is 65.8 Å². The van der Waals surface area contributed by atoms with Crippen LogP contribution in [0, 0.1) is 0 Å². The van der Waals surface area contributed by atoms with E-state index in [0.29, 0.717) is 0 Å². The Morgan fingerprint density at radius 1 is 1.06 bits per heavy atom. The van der Waals surface area contributed by atoms with E-state index in [1.54, 1.807) is 0 Å². The van der Waals surface area contributed by atoms with Gasteiger partial charge in [-0.1, -0.05) is 60.7 Å². The summed E-state index contributed by atoms with van der Waals surface area (Å²) in [7, 11) is 0. The number of carbonyl (C=O) groups is 2. The minimum Gasteiger partial charge on any atom is -0.386 e. The maximum Gasteiger partial charge on any atom is 0.326 e. The number of aliphatic hydroxyl groups is 1. The molecule has 0 unspecified atom stereocenters. The molecule has 9 heteroatoms. The lowest BCUT2D eigenvalue weighted by atomic mass is 9.96. The highest BCUT2D eigenvalue weighted by Crippen LogP contribution is 2.37. The van der Waals surface area contributed by atoms with E-state index in [-0.39, 0.29) is 32.8 Å². The van der Waals surface area contributed by atoms with Crippen LogP contribution in [-0.2, 0) is 32.2 Å². The Labute approximate surface area is 191 Å². The standard InChI is InChI=1S/C24H27FN2O6/c25-15-24(16-31-13-17-7-3-1-4-8-17)21(32-14-18-9-5-2-6-10-18)20(29)22(33-24)27-12-11-19(28)26-23(27)30/h1-10,20-22,29H,11-16H2,(H,26,28,30)/t20-,21+,22-,24-/m1/s1. The first kappa shape index (κ1) is 23.3. The van der Waals surface area contributed by atoms with Crippen LogP contribution in [0.15, 0.2) is 60.7 Å². The van der Waals surface area contributed by atoms with Gasteiger partial charge in [-0.15, -0.1) is 0 Å². The summed E-state index contributed by atoms with van der Waals surface area (Å²) in [6.45, 7) is -0.811. The first-order chi connectivity index (χ1) is 16.0. The highest BCUT2D eigenvalue weighted by atomic mass is 19.1. The summed E-state index contributed by atoms with van der Waals surface area (Å²) in [5.41, 5.74) is 0.111. The molecule has 2 fully saturated rings. The number of ether oxygens (including phenoxy) is 3. The molecular formula is C24H27FN2O6. The van der Waals surface area contributed by atoms with Crippen LogP contribution in [0.5, 0.6) is 0 Å². The van der Waals surface area contributed by atoms with Gasteiger partial charge in [0.15, 0.2) is 11.8 Å². The fourth-order valence-corrected chi connectivity index (χ4v) is 4.09. The van der Waals surface area contributed by atoms with E-state index in [1.807, 2.05) is 60.7 Å². The predicted molar refractivity (Wildman–Crippen MR) is 116 cm³/mol. The zero-order chi connectivity index (χ0) is 23.3. The average Bonchev–Trinajstić information content (AvgIpc) is 3.10. The second kappa shape index (κ2) is 10.4. The minimum atomic E-state index is -1.63. The van der Waals surface area contributed by atoms with E-state index < -0.39 is 42.6 Å². The summed E-state index contributed by atoms with van der Waals surface area (Å²) in [6.07, 6.45) is -3.58. The molecule has 0 aliphatic carbocycles. The zero-order valence-corrected chi connectivity index (χ0v) is 18.1. The van der Waals surface area contributed by atoms with E-state index in [1.165, 1.54) is 4.90 Å². The first-order valence-corrected chi connectivity index (χ1v) is 10.8. The Kier molecular flexibility index (Phi) is 7.34. The van der Waals surface area contributed by atoms with Gasteiger partial charge in [0.05, 0.1) is 19.8 Å². The number of urea groups is 1.